The van der Waals surface area contributed by atoms with Crippen molar-refractivity contribution in [3.05, 3.63) is 30.5 Å². The first kappa shape index (κ1) is 11.2. The number of hydrogen-bond donors (Lipinski definition) is 1. The van der Waals surface area contributed by atoms with E-state index < -0.39 is 0 Å². The third-order valence-electron chi connectivity index (χ3n) is 2.38. The SMILES string of the molecule is Nc1ccnc(Sc2ccc3c(c2)OCCO3)n1. The zero-order chi connectivity index (χ0) is 12.4. The van der Waals surface area contributed by atoms with Gasteiger partial charge in [-0.25, -0.2) is 9.97 Å². The van der Waals surface area contributed by atoms with Crippen molar-refractivity contribution in [1.82, 2.24) is 9.97 Å². The molecule has 2 N–H and O–H groups in total. The number of aromatic nitrogens is 2. The molecule has 0 atom stereocenters. The van der Waals surface area contributed by atoms with Gasteiger partial charge < -0.3 is 15.2 Å². The maximum atomic E-state index is 5.61. The molecule has 6 heteroatoms. The quantitative estimate of drug-likeness (QED) is 0.833. The Hall–Kier alpha value is -1.95. The highest BCUT2D eigenvalue weighted by Gasteiger charge is 2.12. The van der Waals surface area contributed by atoms with Gasteiger partial charge in [0.1, 0.15) is 19.0 Å². The normalized spacial score (nSPS) is 13.3. The number of hydrogen-bond acceptors (Lipinski definition) is 6. The number of benzene rings is 1. The van der Waals surface area contributed by atoms with Crippen molar-refractivity contribution < 1.29 is 9.47 Å². The summed E-state index contributed by atoms with van der Waals surface area (Å²) in [5.74, 6) is 2.00. The molecule has 0 saturated carbocycles. The third kappa shape index (κ3) is 2.33. The second kappa shape index (κ2) is 4.73. The molecule has 2 aromatic rings. The van der Waals surface area contributed by atoms with E-state index >= 15 is 0 Å². The molecule has 0 amide bonds. The number of rotatable bonds is 2. The van der Waals surface area contributed by atoms with Crippen LogP contribution >= 0.6 is 11.8 Å². The second-order valence-electron chi connectivity index (χ2n) is 3.67. The topological polar surface area (TPSA) is 70.3 Å². The lowest BCUT2D eigenvalue weighted by Crippen LogP contribution is -2.15. The van der Waals surface area contributed by atoms with Crippen LogP contribution in [0.3, 0.4) is 0 Å². The molecule has 0 bridgehead atoms. The van der Waals surface area contributed by atoms with Crippen molar-refractivity contribution in [3.8, 4) is 11.5 Å². The van der Waals surface area contributed by atoms with Gasteiger partial charge >= 0.3 is 0 Å². The fraction of sp³-hybridized carbons (Fsp3) is 0.167. The number of nitrogen functional groups attached to an aromatic ring is 1. The van der Waals surface area contributed by atoms with E-state index in [2.05, 4.69) is 9.97 Å². The van der Waals surface area contributed by atoms with Crippen molar-refractivity contribution in [3.63, 3.8) is 0 Å². The predicted octanol–water partition coefficient (Wildman–Crippen LogP) is 1.98. The van der Waals surface area contributed by atoms with Gasteiger partial charge in [0.05, 0.1) is 0 Å². The molecule has 0 radical (unpaired) electrons. The fourth-order valence-corrected chi connectivity index (χ4v) is 2.37. The summed E-state index contributed by atoms with van der Waals surface area (Å²) in [5.41, 5.74) is 5.61. The van der Waals surface area contributed by atoms with E-state index in [9.17, 15) is 0 Å². The number of fused-ring (bicyclic) bond motifs is 1. The molecule has 1 aromatic carbocycles. The van der Waals surface area contributed by atoms with Gasteiger partial charge in [-0.15, -0.1) is 0 Å². The van der Waals surface area contributed by atoms with Gasteiger partial charge in [0.25, 0.3) is 0 Å². The molecule has 1 aromatic heterocycles. The summed E-state index contributed by atoms with van der Waals surface area (Å²) < 4.78 is 11.0. The first-order valence-corrected chi connectivity index (χ1v) is 6.29. The van der Waals surface area contributed by atoms with Gasteiger partial charge in [-0.2, -0.15) is 0 Å². The Morgan fingerprint density at radius 1 is 1.11 bits per heavy atom. The van der Waals surface area contributed by atoms with Crippen LogP contribution in [0.15, 0.2) is 40.5 Å². The largest absolute Gasteiger partial charge is 0.486 e. The molecule has 92 valence electrons. The maximum Gasteiger partial charge on any atom is 0.194 e. The summed E-state index contributed by atoms with van der Waals surface area (Å²) in [6.45, 7) is 1.17. The van der Waals surface area contributed by atoms with Crippen LogP contribution in [0.1, 0.15) is 0 Å². The fourth-order valence-electron chi connectivity index (χ4n) is 1.60. The molecule has 0 spiro atoms. The lowest BCUT2D eigenvalue weighted by atomic mass is 10.3. The van der Waals surface area contributed by atoms with Crippen molar-refractivity contribution in [1.29, 1.82) is 0 Å². The van der Waals surface area contributed by atoms with E-state index in [1.807, 2.05) is 18.2 Å². The lowest BCUT2D eigenvalue weighted by Gasteiger charge is -2.18. The zero-order valence-corrected chi connectivity index (χ0v) is 10.3. The van der Waals surface area contributed by atoms with Crippen molar-refractivity contribution >= 4 is 17.6 Å². The predicted molar refractivity (Wildman–Crippen MR) is 68.0 cm³/mol. The standard InChI is InChI=1S/C12H11N3O2S/c13-11-3-4-14-12(15-11)18-8-1-2-9-10(7-8)17-6-5-16-9/h1-4,7H,5-6H2,(H2,13,14,15). The van der Waals surface area contributed by atoms with Gasteiger partial charge in [0.2, 0.25) is 0 Å². The Morgan fingerprint density at radius 2 is 1.94 bits per heavy atom. The van der Waals surface area contributed by atoms with Crippen LogP contribution in [0.25, 0.3) is 0 Å². The molecule has 5 nitrogen and oxygen atoms in total. The Morgan fingerprint density at radius 3 is 2.78 bits per heavy atom. The van der Waals surface area contributed by atoms with Crippen LogP contribution in [0.4, 0.5) is 5.82 Å². The van der Waals surface area contributed by atoms with Crippen LogP contribution in [0, 0.1) is 0 Å². The number of anilines is 1. The van der Waals surface area contributed by atoms with Gasteiger partial charge in [-0.1, -0.05) is 0 Å². The number of nitrogens with two attached hydrogens (primary N) is 1. The van der Waals surface area contributed by atoms with E-state index in [1.54, 1.807) is 12.3 Å². The molecule has 0 saturated heterocycles. The zero-order valence-electron chi connectivity index (χ0n) is 9.50. The molecule has 3 rings (SSSR count). The van der Waals surface area contributed by atoms with Gasteiger partial charge in [-0.3, -0.25) is 0 Å². The van der Waals surface area contributed by atoms with Crippen LogP contribution < -0.4 is 15.2 Å². The van der Waals surface area contributed by atoms with Crippen LogP contribution in [-0.2, 0) is 0 Å². The molecule has 18 heavy (non-hydrogen) atoms. The molecule has 1 aliphatic heterocycles. The minimum Gasteiger partial charge on any atom is -0.486 e. The van der Waals surface area contributed by atoms with Crippen molar-refractivity contribution in [2.24, 2.45) is 0 Å². The number of nitrogens with zero attached hydrogens (tertiary/aromatic N) is 2. The van der Waals surface area contributed by atoms with Crippen molar-refractivity contribution in [2.75, 3.05) is 18.9 Å². The summed E-state index contributed by atoms with van der Waals surface area (Å²) in [5, 5.41) is 0.617. The van der Waals surface area contributed by atoms with Crippen molar-refractivity contribution in [2.45, 2.75) is 10.1 Å². The van der Waals surface area contributed by atoms with E-state index in [0.717, 1.165) is 16.4 Å². The molecular weight excluding hydrogens is 250 g/mol. The monoisotopic (exact) mass is 261 g/mol. The Kier molecular flexibility index (Phi) is 2.93. The van der Waals surface area contributed by atoms with E-state index in [4.69, 9.17) is 15.2 Å². The molecule has 0 aliphatic carbocycles. The summed E-state index contributed by atoms with van der Waals surface area (Å²) in [6, 6.07) is 7.42. The lowest BCUT2D eigenvalue weighted by molar-refractivity contribution is 0.171. The molecular formula is C12H11N3O2S. The Labute approximate surface area is 108 Å². The highest BCUT2D eigenvalue weighted by molar-refractivity contribution is 7.99. The van der Waals surface area contributed by atoms with E-state index in [-0.39, 0.29) is 0 Å². The maximum absolute atomic E-state index is 5.61. The van der Waals surface area contributed by atoms with Gasteiger partial charge in [0.15, 0.2) is 16.7 Å². The van der Waals surface area contributed by atoms with Gasteiger partial charge in [-0.05, 0) is 36.0 Å². The summed E-state index contributed by atoms with van der Waals surface area (Å²) >= 11 is 1.44. The molecule has 0 unspecified atom stereocenters. The highest BCUT2D eigenvalue weighted by Crippen LogP contribution is 2.35. The average Bonchev–Trinajstić information content (AvgIpc) is 2.39. The van der Waals surface area contributed by atoms with Crippen LogP contribution in [0.5, 0.6) is 11.5 Å². The smallest absolute Gasteiger partial charge is 0.194 e. The van der Waals surface area contributed by atoms with E-state index in [1.165, 1.54) is 11.8 Å². The molecule has 0 fully saturated rings. The number of ether oxygens (including phenoxy) is 2. The third-order valence-corrected chi connectivity index (χ3v) is 3.25. The first-order chi connectivity index (χ1) is 8.81. The second-order valence-corrected chi connectivity index (χ2v) is 4.71. The summed E-state index contributed by atoms with van der Waals surface area (Å²) in [4.78, 5) is 9.28. The van der Waals surface area contributed by atoms with Crippen LogP contribution in [-0.4, -0.2) is 23.2 Å². The summed E-state index contributed by atoms with van der Waals surface area (Å²) in [7, 11) is 0. The minimum absolute atomic E-state index is 0.463. The highest BCUT2D eigenvalue weighted by atomic mass is 32.2. The Bertz CT molecular complexity index is 577. The summed E-state index contributed by atoms with van der Waals surface area (Å²) in [6.07, 6.45) is 1.64. The van der Waals surface area contributed by atoms with Crippen LogP contribution in [0.2, 0.25) is 0 Å². The van der Waals surface area contributed by atoms with Gasteiger partial charge in [0, 0.05) is 11.1 Å². The first-order valence-electron chi connectivity index (χ1n) is 5.47. The molecule has 1 aliphatic rings. The average molecular weight is 261 g/mol. The van der Waals surface area contributed by atoms with E-state index in [0.29, 0.717) is 24.2 Å². The molecule has 2 heterocycles. The minimum atomic E-state index is 0.463. The Balaban J connectivity index is 1.85.